The van der Waals surface area contributed by atoms with Crippen LogP contribution in [0.3, 0.4) is 0 Å². The van der Waals surface area contributed by atoms with E-state index in [1.54, 1.807) is 24.5 Å². The molecule has 0 spiro atoms. The molecule has 1 saturated heterocycles. The minimum absolute atomic E-state index is 0.0285. The van der Waals surface area contributed by atoms with E-state index in [2.05, 4.69) is 5.32 Å². The Kier molecular flexibility index (Phi) is 7.66. The molecule has 8 heteroatoms. The molecule has 3 aromatic carbocycles. The number of nitrogens with zero attached hydrogens (tertiary/aromatic N) is 3. The van der Waals surface area contributed by atoms with E-state index in [1.165, 1.54) is 12.8 Å². The fourth-order valence-corrected chi connectivity index (χ4v) is 5.94. The van der Waals surface area contributed by atoms with Crippen molar-refractivity contribution in [3.05, 3.63) is 75.3 Å². The first-order valence-corrected chi connectivity index (χ1v) is 13.7. The minimum Gasteiger partial charge on any atom is -0.508 e. The van der Waals surface area contributed by atoms with Gasteiger partial charge in [-0.3, -0.25) is 4.79 Å². The lowest BCUT2D eigenvalue weighted by Gasteiger charge is -2.37. The van der Waals surface area contributed by atoms with Crippen molar-refractivity contribution in [2.45, 2.75) is 45.2 Å². The molecule has 2 N–H and O–H groups in total. The van der Waals surface area contributed by atoms with Gasteiger partial charge in [-0.25, -0.2) is 4.99 Å². The summed E-state index contributed by atoms with van der Waals surface area (Å²) in [5.41, 5.74) is 5.80. The Bertz CT molecular complexity index is 1380. The van der Waals surface area contributed by atoms with Crippen molar-refractivity contribution in [1.29, 1.82) is 0 Å². The zero-order valence-corrected chi connectivity index (χ0v) is 23.4. The lowest BCUT2D eigenvalue weighted by Crippen LogP contribution is -2.48. The monoisotopic (exact) mass is 550 g/mol. The van der Waals surface area contributed by atoms with Crippen LogP contribution in [0.2, 0.25) is 10.0 Å². The zero-order valence-electron chi connectivity index (χ0n) is 21.8. The van der Waals surface area contributed by atoms with E-state index in [0.29, 0.717) is 22.2 Å². The first-order valence-electron chi connectivity index (χ1n) is 12.9. The number of benzene rings is 3. The molecular formula is C30H32Cl2N4O2. The molecule has 5 rings (SSSR count). The van der Waals surface area contributed by atoms with Gasteiger partial charge in [-0.15, -0.1) is 0 Å². The number of hydrogen-bond acceptors (Lipinski definition) is 5. The van der Waals surface area contributed by atoms with Crippen molar-refractivity contribution < 1.29 is 9.90 Å². The van der Waals surface area contributed by atoms with Gasteiger partial charge in [0.2, 0.25) is 5.91 Å². The summed E-state index contributed by atoms with van der Waals surface area (Å²) >= 11 is 13.0. The Morgan fingerprint density at radius 1 is 1.11 bits per heavy atom. The highest BCUT2D eigenvalue weighted by atomic mass is 35.5. The molecule has 3 aromatic rings. The third kappa shape index (κ3) is 5.39. The SMILES string of the molecule is Cc1cc(Cl)cc(N2C=Nc3cc(C)c(-c4cc(O)ccc4Cl)cc3C2C(=O)N(C)C[C@@H]2CCCCN2)c1. The Labute approximate surface area is 233 Å². The Morgan fingerprint density at radius 2 is 1.92 bits per heavy atom. The zero-order chi connectivity index (χ0) is 27.0. The van der Waals surface area contributed by atoms with Gasteiger partial charge in [-0.1, -0.05) is 29.6 Å². The van der Waals surface area contributed by atoms with Gasteiger partial charge in [0.1, 0.15) is 11.8 Å². The molecule has 2 heterocycles. The smallest absolute Gasteiger partial charge is 0.250 e. The van der Waals surface area contributed by atoms with E-state index in [9.17, 15) is 9.90 Å². The Balaban J connectivity index is 1.61. The van der Waals surface area contributed by atoms with Crippen LogP contribution in [0.25, 0.3) is 11.1 Å². The van der Waals surface area contributed by atoms with Crippen molar-refractivity contribution in [1.82, 2.24) is 10.2 Å². The van der Waals surface area contributed by atoms with Crippen LogP contribution >= 0.6 is 23.2 Å². The number of anilines is 1. The quantitative estimate of drug-likeness (QED) is 0.366. The van der Waals surface area contributed by atoms with Crippen LogP contribution in [0.1, 0.15) is 42.0 Å². The lowest BCUT2D eigenvalue weighted by atomic mass is 9.91. The topological polar surface area (TPSA) is 68.2 Å². The summed E-state index contributed by atoms with van der Waals surface area (Å²) in [6.45, 7) is 5.57. The number of carbonyl (C=O) groups is 1. The maximum Gasteiger partial charge on any atom is 0.250 e. The molecular weight excluding hydrogens is 519 g/mol. The average Bonchev–Trinajstić information content (AvgIpc) is 2.88. The summed E-state index contributed by atoms with van der Waals surface area (Å²) in [7, 11) is 1.87. The summed E-state index contributed by atoms with van der Waals surface area (Å²) in [5.74, 6) is 0.0992. The number of carbonyl (C=O) groups excluding carboxylic acids is 1. The number of fused-ring (bicyclic) bond motifs is 1. The molecule has 6 nitrogen and oxygen atoms in total. The maximum atomic E-state index is 14.2. The highest BCUT2D eigenvalue weighted by molar-refractivity contribution is 6.33. The van der Waals surface area contributed by atoms with Crippen LogP contribution in [0.5, 0.6) is 5.75 Å². The molecule has 1 unspecified atom stereocenters. The number of rotatable bonds is 5. The number of likely N-dealkylation sites (N-methyl/N-ethyl adjacent to an activating group) is 1. The third-order valence-electron chi connectivity index (χ3n) is 7.35. The largest absolute Gasteiger partial charge is 0.508 e. The minimum atomic E-state index is -0.649. The van der Waals surface area contributed by atoms with Crippen LogP contribution in [0, 0.1) is 13.8 Å². The van der Waals surface area contributed by atoms with Gasteiger partial charge in [0.15, 0.2) is 0 Å². The van der Waals surface area contributed by atoms with E-state index in [-0.39, 0.29) is 17.7 Å². The second kappa shape index (κ2) is 11.0. The number of phenols is 1. The van der Waals surface area contributed by atoms with Gasteiger partial charge in [-0.2, -0.15) is 0 Å². The average molecular weight is 552 g/mol. The number of piperidine rings is 1. The number of aryl methyl sites for hydroxylation is 2. The third-order valence-corrected chi connectivity index (χ3v) is 7.90. The van der Waals surface area contributed by atoms with E-state index < -0.39 is 6.04 Å². The first kappa shape index (κ1) is 26.5. The lowest BCUT2D eigenvalue weighted by molar-refractivity contribution is -0.131. The van der Waals surface area contributed by atoms with Crippen LogP contribution < -0.4 is 10.2 Å². The van der Waals surface area contributed by atoms with E-state index >= 15 is 0 Å². The summed E-state index contributed by atoms with van der Waals surface area (Å²) in [6, 6.07) is 14.2. The number of aromatic hydroxyl groups is 1. The van der Waals surface area contributed by atoms with E-state index in [4.69, 9.17) is 28.2 Å². The van der Waals surface area contributed by atoms with Gasteiger partial charge in [0.25, 0.3) is 0 Å². The van der Waals surface area contributed by atoms with Crippen molar-refractivity contribution in [2.24, 2.45) is 4.99 Å². The number of aliphatic imine (C=N–C) groups is 1. The fourth-order valence-electron chi connectivity index (χ4n) is 5.43. The van der Waals surface area contributed by atoms with Crippen molar-refractivity contribution in [3.8, 4) is 16.9 Å². The second-order valence-electron chi connectivity index (χ2n) is 10.3. The van der Waals surface area contributed by atoms with Crippen LogP contribution in [0.15, 0.2) is 53.5 Å². The summed E-state index contributed by atoms with van der Waals surface area (Å²) in [6.07, 6.45) is 5.11. The maximum absolute atomic E-state index is 14.2. The molecule has 2 atom stereocenters. The number of nitrogens with one attached hydrogen (secondary N) is 1. The molecule has 38 heavy (non-hydrogen) atoms. The van der Waals surface area contributed by atoms with Gasteiger partial charge in [0.05, 0.1) is 12.0 Å². The number of amides is 1. The Hall–Kier alpha value is -3.06. The van der Waals surface area contributed by atoms with Gasteiger partial charge < -0.3 is 20.2 Å². The molecule has 1 amide bonds. The molecule has 198 valence electrons. The molecule has 0 saturated carbocycles. The molecule has 1 fully saturated rings. The van der Waals surface area contributed by atoms with Crippen molar-refractivity contribution in [2.75, 3.05) is 25.0 Å². The second-order valence-corrected chi connectivity index (χ2v) is 11.1. The predicted molar refractivity (Wildman–Crippen MR) is 156 cm³/mol. The number of hydrogen-bond donors (Lipinski definition) is 2. The van der Waals surface area contributed by atoms with Gasteiger partial charge in [0, 0.05) is 46.5 Å². The fraction of sp³-hybridized carbons (Fsp3) is 0.333. The first-order chi connectivity index (χ1) is 18.2. The predicted octanol–water partition coefficient (Wildman–Crippen LogP) is 6.80. The van der Waals surface area contributed by atoms with Crippen molar-refractivity contribution in [3.63, 3.8) is 0 Å². The van der Waals surface area contributed by atoms with E-state index in [0.717, 1.165) is 46.6 Å². The number of phenolic OH excluding ortho intramolecular Hbond substituents is 1. The highest BCUT2D eigenvalue weighted by Gasteiger charge is 2.35. The van der Waals surface area contributed by atoms with Crippen LogP contribution in [-0.2, 0) is 4.79 Å². The van der Waals surface area contributed by atoms with Gasteiger partial charge >= 0.3 is 0 Å². The molecule has 0 radical (unpaired) electrons. The van der Waals surface area contributed by atoms with Crippen LogP contribution in [-0.4, -0.2) is 48.4 Å². The highest BCUT2D eigenvalue weighted by Crippen LogP contribution is 2.43. The molecule has 0 aliphatic carbocycles. The standard InChI is InChI=1S/C30H32Cl2N4O2/c1-18-10-20(31)13-22(11-18)36-17-34-28-12-19(2)24(25-14-23(37)7-8-27(25)32)15-26(28)29(36)30(38)35(3)16-21-6-4-5-9-33-21/h7-8,10-15,17,21,29,33,37H,4-6,9,16H2,1-3H3/t21-,29?/m0/s1. The molecule has 0 aromatic heterocycles. The van der Waals surface area contributed by atoms with E-state index in [1.807, 2.05) is 61.0 Å². The Morgan fingerprint density at radius 3 is 2.66 bits per heavy atom. The summed E-state index contributed by atoms with van der Waals surface area (Å²) in [5, 5.41) is 14.8. The summed E-state index contributed by atoms with van der Waals surface area (Å²) in [4.78, 5) is 22.7. The number of halogens is 2. The van der Waals surface area contributed by atoms with Gasteiger partial charge in [-0.05, 0) is 98.5 Å². The summed E-state index contributed by atoms with van der Waals surface area (Å²) < 4.78 is 0. The van der Waals surface area contributed by atoms with Crippen molar-refractivity contribution >= 4 is 46.8 Å². The normalized spacial score (nSPS) is 18.8. The van der Waals surface area contributed by atoms with Crippen LogP contribution in [0.4, 0.5) is 11.4 Å². The molecule has 0 bridgehead atoms. The molecule has 2 aliphatic heterocycles. The molecule has 2 aliphatic rings.